The van der Waals surface area contributed by atoms with Crippen LogP contribution in [0.2, 0.25) is 0 Å². The molecule has 3 aliphatic rings. The standard InChI is InChI=1S/C25H32N2O4S2/c28-25(26(17-22-6-2-14-31-22)18-23-7-3-15-32-23)20-10-12-27(13-11-20)33(29,30)24-9-8-19-4-1-5-21(19)16-24/h3,7-9,15-16,20,22H,1-2,4-6,10-14,17-18H2. The van der Waals surface area contributed by atoms with Gasteiger partial charge in [-0.25, -0.2) is 8.42 Å². The van der Waals surface area contributed by atoms with E-state index in [-0.39, 0.29) is 17.9 Å². The zero-order chi connectivity index (χ0) is 22.8. The second kappa shape index (κ2) is 9.86. The van der Waals surface area contributed by atoms with Crippen LogP contribution in [0.4, 0.5) is 0 Å². The fourth-order valence-electron chi connectivity index (χ4n) is 5.32. The number of carbonyl (C=O) groups is 1. The van der Waals surface area contributed by atoms with E-state index >= 15 is 0 Å². The van der Waals surface area contributed by atoms with Crippen LogP contribution >= 0.6 is 11.3 Å². The first kappa shape index (κ1) is 23.0. The molecule has 1 unspecified atom stereocenters. The Bertz CT molecular complexity index is 1070. The van der Waals surface area contributed by atoms with Crippen LogP contribution in [0.25, 0.3) is 0 Å². The molecule has 0 bridgehead atoms. The summed E-state index contributed by atoms with van der Waals surface area (Å²) in [4.78, 5) is 17.0. The molecule has 0 spiro atoms. The van der Waals surface area contributed by atoms with Crippen molar-refractivity contribution < 1.29 is 17.9 Å². The number of aryl methyl sites for hydroxylation is 2. The molecule has 1 aromatic carbocycles. The van der Waals surface area contributed by atoms with Gasteiger partial charge in [-0.05, 0) is 79.7 Å². The van der Waals surface area contributed by atoms with E-state index in [0.717, 1.165) is 43.6 Å². The highest BCUT2D eigenvalue weighted by Gasteiger charge is 2.35. The number of ether oxygens (including phenoxy) is 1. The minimum atomic E-state index is -3.52. The topological polar surface area (TPSA) is 66.9 Å². The Morgan fingerprint density at radius 2 is 1.91 bits per heavy atom. The van der Waals surface area contributed by atoms with Gasteiger partial charge in [-0.3, -0.25) is 4.79 Å². The van der Waals surface area contributed by atoms with E-state index in [1.165, 1.54) is 11.1 Å². The Hall–Kier alpha value is -1.74. The number of benzene rings is 1. The van der Waals surface area contributed by atoms with Crippen LogP contribution in [0.15, 0.2) is 40.6 Å². The summed E-state index contributed by atoms with van der Waals surface area (Å²) in [6.07, 6.45) is 6.37. The normalized spacial score (nSPS) is 21.9. The first-order valence-corrected chi connectivity index (χ1v) is 14.4. The number of hydrogen-bond donors (Lipinski definition) is 0. The molecule has 2 aromatic rings. The average molecular weight is 489 g/mol. The molecule has 2 fully saturated rings. The van der Waals surface area contributed by atoms with Gasteiger partial charge in [-0.1, -0.05) is 12.1 Å². The summed E-state index contributed by atoms with van der Waals surface area (Å²) in [7, 11) is -3.52. The van der Waals surface area contributed by atoms with Gasteiger partial charge >= 0.3 is 0 Å². The third kappa shape index (κ3) is 5.04. The van der Waals surface area contributed by atoms with E-state index in [4.69, 9.17) is 4.74 Å². The first-order chi connectivity index (χ1) is 16.0. The maximum atomic E-state index is 13.5. The SMILES string of the molecule is O=C(C1CCN(S(=O)(=O)c2ccc3c(c2)CCC3)CC1)N(Cc1cccs1)CC1CCCO1. The molecule has 1 amide bonds. The molecule has 0 N–H and O–H groups in total. The zero-order valence-electron chi connectivity index (χ0n) is 18.9. The molecule has 178 valence electrons. The third-order valence-corrected chi connectivity index (χ3v) is 9.95. The van der Waals surface area contributed by atoms with Crippen LogP contribution in [-0.4, -0.2) is 55.9 Å². The second-order valence-electron chi connectivity index (χ2n) is 9.40. The summed E-state index contributed by atoms with van der Waals surface area (Å²) in [6, 6.07) is 9.66. The van der Waals surface area contributed by atoms with Gasteiger partial charge in [0.15, 0.2) is 0 Å². The number of rotatable bonds is 7. The lowest BCUT2D eigenvalue weighted by molar-refractivity contribution is -0.139. The van der Waals surface area contributed by atoms with Crippen molar-refractivity contribution in [2.45, 2.75) is 62.5 Å². The van der Waals surface area contributed by atoms with E-state index in [1.54, 1.807) is 21.7 Å². The molecule has 6 nitrogen and oxygen atoms in total. The van der Waals surface area contributed by atoms with Crippen molar-refractivity contribution in [2.75, 3.05) is 26.2 Å². The Morgan fingerprint density at radius 3 is 2.64 bits per heavy atom. The summed E-state index contributed by atoms with van der Waals surface area (Å²) >= 11 is 1.66. The molecule has 5 rings (SSSR count). The predicted molar refractivity (Wildman–Crippen MR) is 129 cm³/mol. The summed E-state index contributed by atoms with van der Waals surface area (Å²) < 4.78 is 33.9. The Balaban J connectivity index is 1.24. The number of sulfonamides is 1. The van der Waals surface area contributed by atoms with Crippen LogP contribution in [-0.2, 0) is 38.9 Å². The molecule has 2 aliphatic heterocycles. The van der Waals surface area contributed by atoms with Gasteiger partial charge < -0.3 is 9.64 Å². The first-order valence-electron chi connectivity index (χ1n) is 12.1. The molecule has 2 saturated heterocycles. The second-order valence-corrected chi connectivity index (χ2v) is 12.4. The molecule has 0 radical (unpaired) electrons. The lowest BCUT2D eigenvalue weighted by Crippen LogP contribution is -2.45. The largest absolute Gasteiger partial charge is 0.376 e. The Labute approximate surface area is 200 Å². The molecule has 0 saturated carbocycles. The van der Waals surface area contributed by atoms with E-state index < -0.39 is 10.0 Å². The van der Waals surface area contributed by atoms with E-state index in [2.05, 4.69) is 6.07 Å². The van der Waals surface area contributed by atoms with Crippen LogP contribution in [0.3, 0.4) is 0 Å². The van der Waals surface area contributed by atoms with Crippen molar-refractivity contribution in [2.24, 2.45) is 5.92 Å². The molecular formula is C25H32N2O4S2. The van der Waals surface area contributed by atoms with Gasteiger partial charge in [0.1, 0.15) is 0 Å². The van der Waals surface area contributed by atoms with Gasteiger partial charge in [-0.2, -0.15) is 4.31 Å². The number of thiophene rings is 1. The highest BCUT2D eigenvalue weighted by Crippen LogP contribution is 2.30. The summed E-state index contributed by atoms with van der Waals surface area (Å²) in [5.74, 6) is -0.00804. The van der Waals surface area contributed by atoms with Crippen molar-refractivity contribution in [1.29, 1.82) is 0 Å². The molecular weight excluding hydrogens is 456 g/mol. The number of piperidine rings is 1. The van der Waals surface area contributed by atoms with Gasteiger partial charge in [0.2, 0.25) is 15.9 Å². The number of hydrogen-bond acceptors (Lipinski definition) is 5. The quantitative estimate of drug-likeness (QED) is 0.594. The van der Waals surface area contributed by atoms with Crippen LogP contribution in [0, 0.1) is 5.92 Å². The number of nitrogens with zero attached hydrogens (tertiary/aromatic N) is 2. The van der Waals surface area contributed by atoms with Gasteiger partial charge in [0.05, 0.1) is 17.5 Å². The molecule has 1 atom stereocenters. The third-order valence-electron chi connectivity index (χ3n) is 7.20. The number of carbonyl (C=O) groups excluding carboxylic acids is 1. The summed E-state index contributed by atoms with van der Waals surface area (Å²) in [5, 5.41) is 2.03. The van der Waals surface area contributed by atoms with Crippen molar-refractivity contribution in [3.8, 4) is 0 Å². The Kier molecular flexibility index (Phi) is 6.88. The maximum absolute atomic E-state index is 13.5. The molecule has 3 heterocycles. The van der Waals surface area contributed by atoms with Gasteiger partial charge in [0.25, 0.3) is 0 Å². The maximum Gasteiger partial charge on any atom is 0.243 e. The van der Waals surface area contributed by atoms with Crippen molar-refractivity contribution in [3.05, 3.63) is 51.7 Å². The van der Waals surface area contributed by atoms with Gasteiger partial charge in [-0.15, -0.1) is 11.3 Å². The minimum absolute atomic E-state index is 0.106. The van der Waals surface area contributed by atoms with Gasteiger partial charge in [0, 0.05) is 37.0 Å². The molecule has 1 aromatic heterocycles. The molecule has 33 heavy (non-hydrogen) atoms. The smallest absolute Gasteiger partial charge is 0.243 e. The zero-order valence-corrected chi connectivity index (χ0v) is 20.6. The van der Waals surface area contributed by atoms with E-state index in [1.807, 2.05) is 28.5 Å². The fourth-order valence-corrected chi connectivity index (χ4v) is 7.56. The predicted octanol–water partition coefficient (Wildman–Crippen LogP) is 3.85. The summed E-state index contributed by atoms with van der Waals surface area (Å²) in [6.45, 7) is 2.77. The van der Waals surface area contributed by atoms with Crippen molar-refractivity contribution in [1.82, 2.24) is 9.21 Å². The van der Waals surface area contributed by atoms with E-state index in [0.29, 0.717) is 43.9 Å². The lowest BCUT2D eigenvalue weighted by atomic mass is 9.96. The number of fused-ring (bicyclic) bond motifs is 1. The minimum Gasteiger partial charge on any atom is -0.376 e. The van der Waals surface area contributed by atoms with Crippen LogP contribution in [0.1, 0.15) is 48.1 Å². The van der Waals surface area contributed by atoms with Crippen LogP contribution in [0.5, 0.6) is 0 Å². The van der Waals surface area contributed by atoms with Crippen LogP contribution < -0.4 is 0 Å². The monoisotopic (exact) mass is 488 g/mol. The highest BCUT2D eigenvalue weighted by molar-refractivity contribution is 7.89. The fraction of sp³-hybridized carbons (Fsp3) is 0.560. The molecule has 1 aliphatic carbocycles. The van der Waals surface area contributed by atoms with Crippen molar-refractivity contribution in [3.63, 3.8) is 0 Å². The Morgan fingerprint density at radius 1 is 1.09 bits per heavy atom. The summed E-state index contributed by atoms with van der Waals surface area (Å²) in [5.41, 5.74) is 2.44. The van der Waals surface area contributed by atoms with E-state index in [9.17, 15) is 13.2 Å². The lowest BCUT2D eigenvalue weighted by Gasteiger charge is -2.34. The highest BCUT2D eigenvalue weighted by atomic mass is 32.2. The average Bonchev–Trinajstić information content (AvgIpc) is 3.60. The van der Waals surface area contributed by atoms with Crippen molar-refractivity contribution >= 4 is 27.3 Å². The number of amides is 1. The molecule has 8 heteroatoms.